The number of halogens is 3. The first-order valence-corrected chi connectivity index (χ1v) is 8.05. The molecular weight excluding hydrogens is 335 g/mol. The third-order valence-corrected chi connectivity index (χ3v) is 4.28. The Morgan fingerprint density at radius 1 is 1.28 bits per heavy atom. The summed E-state index contributed by atoms with van der Waals surface area (Å²) in [6, 6.07) is 2.98. The zero-order chi connectivity index (χ0) is 17.8. The molecule has 2 N–H and O–H groups in total. The molecule has 1 aliphatic heterocycles. The lowest BCUT2D eigenvalue weighted by Crippen LogP contribution is -2.36. The number of carbonyl (C=O) groups is 1. The van der Waals surface area contributed by atoms with E-state index in [0.29, 0.717) is 25.3 Å². The molecule has 8 heteroatoms. The fourth-order valence-electron chi connectivity index (χ4n) is 3.00. The van der Waals surface area contributed by atoms with E-state index in [1.165, 1.54) is 0 Å². The summed E-state index contributed by atoms with van der Waals surface area (Å²) >= 11 is 0. The van der Waals surface area contributed by atoms with Gasteiger partial charge in [-0.25, -0.2) is 13.2 Å². The van der Waals surface area contributed by atoms with Crippen LogP contribution in [-0.4, -0.2) is 29.3 Å². The van der Waals surface area contributed by atoms with Gasteiger partial charge >= 0.3 is 0 Å². The summed E-state index contributed by atoms with van der Waals surface area (Å²) < 4.78 is 45.5. The maximum Gasteiger partial charge on any atom is 0.224 e. The van der Waals surface area contributed by atoms with Gasteiger partial charge in [0.05, 0.1) is 12.1 Å². The third-order valence-electron chi connectivity index (χ3n) is 4.28. The van der Waals surface area contributed by atoms with Gasteiger partial charge in [-0.1, -0.05) is 0 Å². The van der Waals surface area contributed by atoms with E-state index in [2.05, 4.69) is 15.5 Å². The zero-order valence-corrected chi connectivity index (χ0v) is 13.4. The molecule has 3 rings (SSSR count). The van der Waals surface area contributed by atoms with Crippen molar-refractivity contribution in [2.45, 2.75) is 25.4 Å². The van der Waals surface area contributed by atoms with Crippen LogP contribution in [0.15, 0.2) is 24.4 Å². The molecule has 134 valence electrons. The van der Waals surface area contributed by atoms with Crippen LogP contribution in [-0.2, 0) is 16.0 Å². The molecule has 5 nitrogen and oxygen atoms in total. The van der Waals surface area contributed by atoms with Crippen molar-refractivity contribution in [2.24, 2.45) is 5.92 Å². The van der Waals surface area contributed by atoms with Crippen molar-refractivity contribution >= 4 is 5.91 Å². The van der Waals surface area contributed by atoms with E-state index in [1.807, 2.05) is 6.07 Å². The molecule has 0 spiro atoms. The number of nitrogens with one attached hydrogen (secondary N) is 2. The van der Waals surface area contributed by atoms with Gasteiger partial charge in [-0.2, -0.15) is 5.10 Å². The highest BCUT2D eigenvalue weighted by Crippen LogP contribution is 2.32. The molecule has 1 fully saturated rings. The molecule has 1 saturated heterocycles. The number of amides is 1. The minimum Gasteiger partial charge on any atom is -0.372 e. The highest BCUT2D eigenvalue weighted by Gasteiger charge is 2.28. The first-order valence-electron chi connectivity index (χ1n) is 8.05. The van der Waals surface area contributed by atoms with E-state index in [9.17, 15) is 18.0 Å². The number of benzene rings is 1. The first kappa shape index (κ1) is 17.5. The second kappa shape index (κ2) is 7.69. The predicted octanol–water partition coefficient (Wildman–Crippen LogP) is 2.65. The van der Waals surface area contributed by atoms with Crippen molar-refractivity contribution in [2.75, 3.05) is 13.2 Å². The molecule has 2 aromatic rings. The zero-order valence-electron chi connectivity index (χ0n) is 13.4. The molecular formula is C17H18F3N3O2. The monoisotopic (exact) mass is 353 g/mol. The number of H-pyrrole nitrogens is 1. The maximum atomic E-state index is 13.6. The van der Waals surface area contributed by atoms with Crippen LogP contribution in [0.1, 0.15) is 30.2 Å². The average molecular weight is 353 g/mol. The Bertz CT molecular complexity index is 737. The number of aromatic nitrogens is 2. The molecule has 0 saturated carbocycles. The van der Waals surface area contributed by atoms with Crippen LogP contribution in [0.2, 0.25) is 0 Å². The molecule has 1 aromatic carbocycles. The standard InChI is InChI=1S/C17H18F3N3O2/c18-12-8-14(20)13(19)6-11(12)7-16(24)21-9-10-2-1-5-25-17(10)15-3-4-22-23-15/h3-4,6,8,10,17H,1-2,5,7,9H2,(H,21,24)(H,22,23)/t10-,17+/m0/s1. The Hall–Kier alpha value is -2.35. The highest BCUT2D eigenvalue weighted by molar-refractivity contribution is 5.78. The van der Waals surface area contributed by atoms with Gasteiger partial charge in [0, 0.05) is 36.9 Å². The SMILES string of the molecule is O=C(Cc1cc(F)c(F)cc1F)NC[C@@H]1CCCO[C@H]1c1ccn[nH]1. The van der Waals surface area contributed by atoms with Crippen molar-refractivity contribution in [1.82, 2.24) is 15.5 Å². The lowest BCUT2D eigenvalue weighted by atomic mass is 9.92. The molecule has 0 unspecified atom stereocenters. The normalized spacial score (nSPS) is 20.4. The Labute approximate surface area is 142 Å². The predicted molar refractivity (Wildman–Crippen MR) is 83.0 cm³/mol. The van der Waals surface area contributed by atoms with E-state index in [0.717, 1.165) is 18.5 Å². The number of nitrogens with zero attached hydrogens (tertiary/aromatic N) is 1. The molecule has 1 aliphatic rings. The number of hydrogen-bond acceptors (Lipinski definition) is 3. The van der Waals surface area contributed by atoms with Gasteiger partial charge in [0.15, 0.2) is 11.6 Å². The Balaban J connectivity index is 1.59. The third kappa shape index (κ3) is 4.19. The van der Waals surface area contributed by atoms with Crippen LogP contribution < -0.4 is 5.32 Å². The highest BCUT2D eigenvalue weighted by atomic mass is 19.2. The number of aromatic amines is 1. The number of ether oxygens (including phenoxy) is 1. The van der Waals surface area contributed by atoms with Gasteiger partial charge in [-0.15, -0.1) is 0 Å². The largest absolute Gasteiger partial charge is 0.372 e. The molecule has 2 heterocycles. The molecule has 2 atom stereocenters. The molecule has 1 amide bonds. The molecule has 1 aromatic heterocycles. The lowest BCUT2D eigenvalue weighted by molar-refractivity contribution is -0.121. The molecule has 0 radical (unpaired) electrons. The second-order valence-corrected chi connectivity index (χ2v) is 6.04. The van der Waals surface area contributed by atoms with Crippen molar-refractivity contribution in [3.05, 3.63) is 53.1 Å². The van der Waals surface area contributed by atoms with Crippen molar-refractivity contribution in [1.29, 1.82) is 0 Å². The second-order valence-electron chi connectivity index (χ2n) is 6.04. The van der Waals surface area contributed by atoms with E-state index in [4.69, 9.17) is 4.74 Å². The average Bonchev–Trinajstić information content (AvgIpc) is 3.12. The van der Waals surface area contributed by atoms with Crippen LogP contribution >= 0.6 is 0 Å². The summed E-state index contributed by atoms with van der Waals surface area (Å²) in [7, 11) is 0. The van der Waals surface area contributed by atoms with Gasteiger partial charge in [0.1, 0.15) is 11.9 Å². The summed E-state index contributed by atoms with van der Waals surface area (Å²) in [4.78, 5) is 12.0. The van der Waals surface area contributed by atoms with Gasteiger partial charge in [0.25, 0.3) is 0 Å². The van der Waals surface area contributed by atoms with Crippen molar-refractivity contribution in [3.63, 3.8) is 0 Å². The summed E-state index contributed by atoms with van der Waals surface area (Å²) in [6.45, 7) is 0.974. The van der Waals surface area contributed by atoms with Gasteiger partial charge < -0.3 is 10.1 Å². The topological polar surface area (TPSA) is 67.0 Å². The van der Waals surface area contributed by atoms with Crippen LogP contribution in [0.4, 0.5) is 13.2 Å². The number of carbonyl (C=O) groups excluding carboxylic acids is 1. The smallest absolute Gasteiger partial charge is 0.224 e. The fourth-order valence-corrected chi connectivity index (χ4v) is 3.00. The first-order chi connectivity index (χ1) is 12.0. The quantitative estimate of drug-likeness (QED) is 0.812. The summed E-state index contributed by atoms with van der Waals surface area (Å²) in [6.07, 6.45) is 2.82. The van der Waals surface area contributed by atoms with Crippen LogP contribution in [0, 0.1) is 23.4 Å². The van der Waals surface area contributed by atoms with E-state index in [1.54, 1.807) is 6.20 Å². The fraction of sp³-hybridized carbons (Fsp3) is 0.412. The Morgan fingerprint density at radius 2 is 2.08 bits per heavy atom. The molecule has 0 bridgehead atoms. The van der Waals surface area contributed by atoms with Gasteiger partial charge in [0.2, 0.25) is 5.91 Å². The van der Waals surface area contributed by atoms with E-state index < -0.39 is 23.4 Å². The Morgan fingerprint density at radius 3 is 2.84 bits per heavy atom. The molecule has 0 aliphatic carbocycles. The summed E-state index contributed by atoms with van der Waals surface area (Å²) in [5.74, 6) is -3.80. The lowest BCUT2D eigenvalue weighted by Gasteiger charge is -2.31. The van der Waals surface area contributed by atoms with Crippen LogP contribution in [0.5, 0.6) is 0 Å². The van der Waals surface area contributed by atoms with E-state index >= 15 is 0 Å². The van der Waals surface area contributed by atoms with Crippen LogP contribution in [0.25, 0.3) is 0 Å². The van der Waals surface area contributed by atoms with Crippen molar-refractivity contribution < 1.29 is 22.7 Å². The minimum absolute atomic E-state index is 0.0490. The van der Waals surface area contributed by atoms with Gasteiger partial charge in [-0.3, -0.25) is 9.89 Å². The van der Waals surface area contributed by atoms with E-state index in [-0.39, 0.29) is 24.0 Å². The number of hydrogen-bond donors (Lipinski definition) is 2. The van der Waals surface area contributed by atoms with Crippen LogP contribution in [0.3, 0.4) is 0 Å². The van der Waals surface area contributed by atoms with Gasteiger partial charge in [-0.05, 0) is 25.0 Å². The molecule has 25 heavy (non-hydrogen) atoms. The minimum atomic E-state index is -1.27. The summed E-state index contributed by atoms with van der Waals surface area (Å²) in [5.41, 5.74) is 0.659. The van der Waals surface area contributed by atoms with Crippen molar-refractivity contribution in [3.8, 4) is 0 Å². The Kier molecular flexibility index (Phi) is 5.37. The number of rotatable bonds is 5. The maximum absolute atomic E-state index is 13.6. The summed E-state index contributed by atoms with van der Waals surface area (Å²) in [5, 5.41) is 9.49.